The third-order valence-corrected chi connectivity index (χ3v) is 4.62. The topological polar surface area (TPSA) is 47.3 Å². The number of fused-ring (bicyclic) bond motifs is 1. The Labute approximate surface area is 128 Å². The first kappa shape index (κ1) is 14.7. The molecule has 112 valence electrons. The summed E-state index contributed by atoms with van der Waals surface area (Å²) in [5.41, 5.74) is 1.52. The maximum absolute atomic E-state index is 13.3. The molecule has 3 nitrogen and oxygen atoms in total. The van der Waals surface area contributed by atoms with Crippen LogP contribution in [-0.4, -0.2) is 4.21 Å². The van der Waals surface area contributed by atoms with Crippen molar-refractivity contribution in [3.8, 4) is 0 Å². The fourth-order valence-electron chi connectivity index (χ4n) is 2.37. The molecule has 3 rings (SSSR count). The van der Waals surface area contributed by atoms with Crippen LogP contribution in [0.15, 0.2) is 61.5 Å². The molecule has 0 fully saturated rings. The van der Waals surface area contributed by atoms with E-state index < -0.39 is 22.2 Å². The van der Waals surface area contributed by atoms with Crippen molar-refractivity contribution in [2.75, 3.05) is 0 Å². The summed E-state index contributed by atoms with van der Waals surface area (Å²) in [5.74, 6) is -0.440. The summed E-state index contributed by atoms with van der Waals surface area (Å²) in [4.78, 5) is 12.6. The van der Waals surface area contributed by atoms with Crippen molar-refractivity contribution in [3.05, 3.63) is 69.8 Å². The minimum atomic E-state index is -1.67. The minimum Gasteiger partial charge on any atom is -0.422 e. The van der Waals surface area contributed by atoms with Crippen LogP contribution in [0.3, 0.4) is 0 Å². The number of rotatable bonds is 2. The van der Waals surface area contributed by atoms with Gasteiger partial charge in [-0.05, 0) is 61.4 Å². The van der Waals surface area contributed by atoms with Crippen molar-refractivity contribution in [3.63, 3.8) is 0 Å². The van der Waals surface area contributed by atoms with Crippen LogP contribution in [0.2, 0.25) is 0 Å². The normalized spacial score (nSPS) is 12.5. The molecule has 2 aromatic carbocycles. The molecule has 0 saturated carbocycles. The fourth-order valence-corrected chi connectivity index (χ4v) is 3.64. The van der Waals surface area contributed by atoms with Crippen LogP contribution in [0.4, 0.5) is 4.39 Å². The molecule has 0 N–H and O–H groups in total. The molecule has 0 amide bonds. The molecule has 0 radical (unpaired) electrons. The summed E-state index contributed by atoms with van der Waals surface area (Å²) in [7, 11) is -1.67. The Morgan fingerprint density at radius 3 is 2.36 bits per heavy atom. The molecule has 0 aliphatic rings. The highest BCUT2D eigenvalue weighted by Gasteiger charge is 2.15. The van der Waals surface area contributed by atoms with Crippen LogP contribution in [0, 0.1) is 19.7 Å². The van der Waals surface area contributed by atoms with Crippen molar-refractivity contribution in [2.24, 2.45) is 0 Å². The van der Waals surface area contributed by atoms with Gasteiger partial charge in [0.25, 0.3) is 0 Å². The van der Waals surface area contributed by atoms with Crippen molar-refractivity contribution in [2.45, 2.75) is 23.6 Å². The zero-order chi connectivity index (χ0) is 15.9. The maximum atomic E-state index is 13.3. The van der Waals surface area contributed by atoms with E-state index in [0.29, 0.717) is 10.3 Å². The number of hydrogen-bond donors (Lipinski definition) is 0. The lowest BCUT2D eigenvalue weighted by molar-refractivity contribution is 0.539. The SMILES string of the molecule is Cc1cc(C)cc(S(=O)c2cc3cc(F)ccc3oc2=O)c1. The van der Waals surface area contributed by atoms with Crippen molar-refractivity contribution < 1.29 is 13.0 Å². The van der Waals surface area contributed by atoms with E-state index in [2.05, 4.69) is 0 Å². The molecule has 1 aromatic heterocycles. The van der Waals surface area contributed by atoms with Gasteiger partial charge in [0.1, 0.15) is 16.3 Å². The number of halogens is 1. The van der Waals surface area contributed by atoms with Gasteiger partial charge in [0.15, 0.2) is 0 Å². The lowest BCUT2D eigenvalue weighted by Gasteiger charge is -2.05. The Morgan fingerprint density at radius 2 is 1.68 bits per heavy atom. The first-order valence-corrected chi connectivity index (χ1v) is 7.82. The fraction of sp³-hybridized carbons (Fsp3) is 0.118. The molecule has 22 heavy (non-hydrogen) atoms. The van der Waals surface area contributed by atoms with Crippen LogP contribution in [0.1, 0.15) is 11.1 Å². The second-order valence-electron chi connectivity index (χ2n) is 5.17. The van der Waals surface area contributed by atoms with Crippen LogP contribution >= 0.6 is 0 Å². The monoisotopic (exact) mass is 316 g/mol. The minimum absolute atomic E-state index is 0.0168. The summed E-state index contributed by atoms with van der Waals surface area (Å²) in [6, 6.07) is 10.8. The van der Waals surface area contributed by atoms with Crippen molar-refractivity contribution in [1.29, 1.82) is 0 Å². The smallest absolute Gasteiger partial charge is 0.353 e. The van der Waals surface area contributed by atoms with Gasteiger partial charge in [-0.2, -0.15) is 0 Å². The first-order valence-electron chi connectivity index (χ1n) is 6.67. The number of aryl methyl sites for hydroxylation is 2. The van der Waals surface area contributed by atoms with E-state index in [0.717, 1.165) is 11.1 Å². The largest absolute Gasteiger partial charge is 0.422 e. The van der Waals surface area contributed by atoms with E-state index in [-0.39, 0.29) is 10.5 Å². The lowest BCUT2D eigenvalue weighted by Crippen LogP contribution is -2.09. The number of hydrogen-bond acceptors (Lipinski definition) is 3. The predicted octanol–water partition coefficient (Wildman–Crippen LogP) is 3.72. The molecule has 0 aliphatic carbocycles. The third-order valence-electron chi connectivity index (χ3n) is 3.27. The molecule has 3 aromatic rings. The maximum Gasteiger partial charge on any atom is 0.353 e. The zero-order valence-electron chi connectivity index (χ0n) is 12.1. The standard InChI is InChI=1S/C17H13FO3S/c1-10-5-11(2)7-14(6-10)22(20)16-9-12-8-13(18)3-4-15(12)21-17(16)19/h3-9H,1-2H3. The molecule has 1 atom stereocenters. The van der Waals surface area contributed by atoms with E-state index in [4.69, 9.17) is 4.42 Å². The molecule has 0 aliphatic heterocycles. The summed E-state index contributed by atoms with van der Waals surface area (Å²) in [6.45, 7) is 3.79. The predicted molar refractivity (Wildman–Crippen MR) is 83.0 cm³/mol. The molecule has 0 spiro atoms. The van der Waals surface area contributed by atoms with E-state index in [9.17, 15) is 13.4 Å². The average molecular weight is 316 g/mol. The molecule has 0 bridgehead atoms. The molecule has 5 heteroatoms. The van der Waals surface area contributed by atoms with E-state index in [1.165, 1.54) is 24.3 Å². The summed E-state index contributed by atoms with van der Waals surface area (Å²) >= 11 is 0. The third kappa shape index (κ3) is 2.72. The van der Waals surface area contributed by atoms with Gasteiger partial charge >= 0.3 is 5.63 Å². The van der Waals surface area contributed by atoms with Crippen molar-refractivity contribution >= 4 is 21.8 Å². The summed E-state index contributed by atoms with van der Waals surface area (Å²) in [6.07, 6.45) is 0. The highest BCUT2D eigenvalue weighted by molar-refractivity contribution is 7.85. The van der Waals surface area contributed by atoms with Crippen LogP contribution < -0.4 is 5.63 Å². The first-order chi connectivity index (χ1) is 10.4. The van der Waals surface area contributed by atoms with Crippen LogP contribution in [0.25, 0.3) is 11.0 Å². The van der Waals surface area contributed by atoms with E-state index >= 15 is 0 Å². The summed E-state index contributed by atoms with van der Waals surface area (Å²) < 4.78 is 31.1. The second kappa shape index (κ2) is 5.50. The zero-order valence-corrected chi connectivity index (χ0v) is 12.9. The van der Waals surface area contributed by atoms with E-state index in [1.54, 1.807) is 12.1 Å². The quantitative estimate of drug-likeness (QED) is 0.677. The van der Waals surface area contributed by atoms with Crippen LogP contribution in [0.5, 0.6) is 0 Å². The Kier molecular flexibility index (Phi) is 3.66. The lowest BCUT2D eigenvalue weighted by atomic mass is 10.2. The van der Waals surface area contributed by atoms with Crippen LogP contribution in [-0.2, 0) is 10.8 Å². The highest BCUT2D eigenvalue weighted by Crippen LogP contribution is 2.21. The Morgan fingerprint density at radius 1 is 1.00 bits per heavy atom. The van der Waals surface area contributed by atoms with Gasteiger partial charge in [-0.15, -0.1) is 0 Å². The van der Waals surface area contributed by atoms with Gasteiger partial charge in [-0.3, -0.25) is 0 Å². The molecule has 0 saturated heterocycles. The highest BCUT2D eigenvalue weighted by atomic mass is 32.2. The molecular formula is C17H13FO3S. The second-order valence-corrected chi connectivity index (χ2v) is 6.62. The summed E-state index contributed by atoms with van der Waals surface area (Å²) in [5, 5.41) is 0.410. The van der Waals surface area contributed by atoms with Crippen molar-refractivity contribution in [1.82, 2.24) is 0 Å². The Bertz CT molecular complexity index is 940. The van der Waals surface area contributed by atoms with Gasteiger partial charge in [0.2, 0.25) is 0 Å². The Hall–Kier alpha value is -2.27. The van der Waals surface area contributed by atoms with Gasteiger partial charge in [-0.1, -0.05) is 6.07 Å². The molecule has 1 unspecified atom stereocenters. The van der Waals surface area contributed by atoms with Gasteiger partial charge in [-0.25, -0.2) is 13.4 Å². The Balaban J connectivity index is 2.18. The molecule has 1 heterocycles. The van der Waals surface area contributed by atoms with Gasteiger partial charge in [0.05, 0.1) is 10.8 Å². The van der Waals surface area contributed by atoms with Gasteiger partial charge in [0, 0.05) is 10.3 Å². The average Bonchev–Trinajstić information content (AvgIpc) is 2.45. The van der Waals surface area contributed by atoms with Gasteiger partial charge < -0.3 is 4.42 Å². The molecular weight excluding hydrogens is 303 g/mol. The van der Waals surface area contributed by atoms with E-state index in [1.807, 2.05) is 19.9 Å². The number of benzene rings is 2.